The van der Waals surface area contributed by atoms with Crippen molar-refractivity contribution in [3.05, 3.63) is 28.2 Å². The maximum Gasteiger partial charge on any atom is 0.217 e. The van der Waals surface area contributed by atoms with Crippen LogP contribution < -0.4 is 0 Å². The molecular weight excluding hydrogens is 237 g/mol. The van der Waals surface area contributed by atoms with E-state index in [9.17, 15) is 9.18 Å². The zero-order valence-corrected chi connectivity index (χ0v) is 8.93. The minimum Gasteiger partial charge on any atom is -0.302 e. The highest BCUT2D eigenvalue weighted by Gasteiger charge is 2.24. The van der Waals surface area contributed by atoms with Crippen molar-refractivity contribution < 1.29 is 9.18 Å². The van der Waals surface area contributed by atoms with Crippen LogP contribution in [0.3, 0.4) is 0 Å². The van der Waals surface area contributed by atoms with Gasteiger partial charge in [0, 0.05) is 21.6 Å². The van der Waals surface area contributed by atoms with Crippen molar-refractivity contribution in [2.24, 2.45) is 0 Å². The first-order chi connectivity index (χ1) is 5.97. The highest BCUT2D eigenvalue weighted by Crippen LogP contribution is 2.24. The van der Waals surface area contributed by atoms with E-state index in [1.807, 2.05) is 0 Å². The summed E-state index contributed by atoms with van der Waals surface area (Å²) in [6.07, 6.45) is 2.07. The standard InChI is InChI=1S/C9H9BrFNO/c1-9(2,5-13)7-3-6(10)4-12-8(7)11/h3-5H,1-2H3. The molecule has 0 saturated carbocycles. The molecule has 2 nitrogen and oxygen atoms in total. The van der Waals surface area contributed by atoms with Gasteiger partial charge in [0.05, 0.1) is 0 Å². The predicted octanol–water partition coefficient (Wildman–Crippen LogP) is 2.46. The van der Waals surface area contributed by atoms with Gasteiger partial charge < -0.3 is 4.79 Å². The van der Waals surface area contributed by atoms with E-state index in [1.165, 1.54) is 6.20 Å². The molecule has 0 aromatic carbocycles. The quantitative estimate of drug-likeness (QED) is 0.592. The van der Waals surface area contributed by atoms with Crippen LogP contribution in [0.1, 0.15) is 19.4 Å². The summed E-state index contributed by atoms with van der Waals surface area (Å²) in [6.45, 7) is 3.29. The molecule has 0 unspecified atom stereocenters. The number of pyridine rings is 1. The lowest BCUT2D eigenvalue weighted by Crippen LogP contribution is -2.21. The van der Waals surface area contributed by atoms with E-state index in [1.54, 1.807) is 19.9 Å². The minimum absolute atomic E-state index is 0.303. The Kier molecular flexibility index (Phi) is 2.81. The highest BCUT2D eigenvalue weighted by atomic mass is 79.9. The van der Waals surface area contributed by atoms with E-state index in [0.29, 0.717) is 16.3 Å². The second-order valence-corrected chi connectivity index (χ2v) is 4.25. The maximum absolute atomic E-state index is 13.2. The number of aromatic nitrogens is 1. The Bertz CT molecular complexity index is 338. The van der Waals surface area contributed by atoms with Gasteiger partial charge in [0.15, 0.2) is 0 Å². The van der Waals surface area contributed by atoms with Gasteiger partial charge in [0.1, 0.15) is 6.29 Å². The van der Waals surface area contributed by atoms with E-state index < -0.39 is 11.4 Å². The molecule has 0 radical (unpaired) electrons. The molecule has 0 bridgehead atoms. The fourth-order valence-electron chi connectivity index (χ4n) is 0.938. The van der Waals surface area contributed by atoms with Crippen molar-refractivity contribution in [1.82, 2.24) is 4.98 Å². The topological polar surface area (TPSA) is 30.0 Å². The third-order valence-electron chi connectivity index (χ3n) is 1.79. The molecule has 4 heteroatoms. The van der Waals surface area contributed by atoms with Crippen LogP contribution in [0.25, 0.3) is 0 Å². The first-order valence-electron chi connectivity index (χ1n) is 3.75. The molecule has 0 aliphatic carbocycles. The molecule has 0 amide bonds. The molecule has 70 valence electrons. The molecule has 1 rings (SSSR count). The van der Waals surface area contributed by atoms with Crippen molar-refractivity contribution in [2.75, 3.05) is 0 Å². The molecule has 0 atom stereocenters. The summed E-state index contributed by atoms with van der Waals surface area (Å²) in [6, 6.07) is 1.57. The van der Waals surface area contributed by atoms with Crippen molar-refractivity contribution in [3.8, 4) is 0 Å². The first kappa shape index (κ1) is 10.3. The van der Waals surface area contributed by atoms with Crippen LogP contribution in [0.2, 0.25) is 0 Å². The summed E-state index contributed by atoms with van der Waals surface area (Å²) in [5.41, 5.74) is -0.530. The van der Waals surface area contributed by atoms with Crippen LogP contribution >= 0.6 is 15.9 Å². The molecule has 0 aliphatic rings. The molecule has 0 spiro atoms. The van der Waals surface area contributed by atoms with E-state index in [-0.39, 0.29) is 0 Å². The van der Waals surface area contributed by atoms with Gasteiger partial charge in [0.2, 0.25) is 5.95 Å². The van der Waals surface area contributed by atoms with Crippen LogP contribution in [0.15, 0.2) is 16.7 Å². The summed E-state index contributed by atoms with van der Waals surface area (Å²) < 4.78 is 13.8. The van der Waals surface area contributed by atoms with E-state index in [0.717, 1.165) is 0 Å². The normalized spacial score (nSPS) is 11.4. The molecular formula is C9H9BrFNO. The van der Waals surface area contributed by atoms with Crippen LogP contribution in [0.5, 0.6) is 0 Å². The second kappa shape index (κ2) is 3.54. The smallest absolute Gasteiger partial charge is 0.217 e. The van der Waals surface area contributed by atoms with E-state index >= 15 is 0 Å². The van der Waals surface area contributed by atoms with Gasteiger partial charge in [0.25, 0.3) is 0 Å². The van der Waals surface area contributed by atoms with Gasteiger partial charge in [-0.3, -0.25) is 0 Å². The van der Waals surface area contributed by atoms with Crippen molar-refractivity contribution in [1.29, 1.82) is 0 Å². The van der Waals surface area contributed by atoms with Crippen molar-refractivity contribution in [3.63, 3.8) is 0 Å². The predicted molar refractivity (Wildman–Crippen MR) is 51.0 cm³/mol. The Morgan fingerprint density at radius 1 is 1.62 bits per heavy atom. The summed E-state index contributed by atoms with van der Waals surface area (Å²) in [4.78, 5) is 14.2. The fourth-order valence-corrected chi connectivity index (χ4v) is 1.27. The minimum atomic E-state index is -0.832. The average Bonchev–Trinajstić information content (AvgIpc) is 2.09. The van der Waals surface area contributed by atoms with E-state index in [2.05, 4.69) is 20.9 Å². The lowest BCUT2D eigenvalue weighted by molar-refractivity contribution is -0.111. The molecule has 0 N–H and O–H groups in total. The number of rotatable bonds is 2. The number of hydrogen-bond acceptors (Lipinski definition) is 2. The number of carbonyl (C=O) groups excluding carboxylic acids is 1. The molecule has 1 heterocycles. The zero-order valence-electron chi connectivity index (χ0n) is 7.34. The molecule has 0 aliphatic heterocycles. The van der Waals surface area contributed by atoms with Gasteiger partial charge in [-0.05, 0) is 35.8 Å². The van der Waals surface area contributed by atoms with E-state index in [4.69, 9.17) is 0 Å². The maximum atomic E-state index is 13.2. The Morgan fingerprint density at radius 3 is 2.77 bits per heavy atom. The second-order valence-electron chi connectivity index (χ2n) is 3.33. The lowest BCUT2D eigenvalue weighted by Gasteiger charge is -2.17. The zero-order chi connectivity index (χ0) is 10.1. The lowest BCUT2D eigenvalue weighted by atomic mass is 9.87. The van der Waals surface area contributed by atoms with Gasteiger partial charge in [-0.25, -0.2) is 4.98 Å². The highest BCUT2D eigenvalue weighted by molar-refractivity contribution is 9.10. The van der Waals surface area contributed by atoms with Crippen molar-refractivity contribution in [2.45, 2.75) is 19.3 Å². The van der Waals surface area contributed by atoms with Gasteiger partial charge in [-0.1, -0.05) is 0 Å². The SMILES string of the molecule is CC(C)(C=O)c1cc(Br)cnc1F. The molecule has 1 aromatic rings. The number of hydrogen-bond donors (Lipinski definition) is 0. The number of carbonyl (C=O) groups is 1. The molecule has 0 fully saturated rings. The van der Waals surface area contributed by atoms with Gasteiger partial charge >= 0.3 is 0 Å². The third-order valence-corrected chi connectivity index (χ3v) is 2.23. The number of aldehydes is 1. The third kappa shape index (κ3) is 2.12. The van der Waals surface area contributed by atoms with Crippen LogP contribution in [-0.2, 0) is 10.2 Å². The van der Waals surface area contributed by atoms with Crippen LogP contribution in [0, 0.1) is 5.95 Å². The van der Waals surface area contributed by atoms with Crippen molar-refractivity contribution >= 4 is 22.2 Å². The summed E-state index contributed by atoms with van der Waals surface area (Å²) in [5, 5.41) is 0. The monoisotopic (exact) mass is 245 g/mol. The number of halogens is 2. The summed E-state index contributed by atoms with van der Waals surface area (Å²) in [7, 11) is 0. The van der Waals surface area contributed by atoms with Gasteiger partial charge in [-0.15, -0.1) is 0 Å². The number of nitrogens with zero attached hydrogens (tertiary/aromatic N) is 1. The Hall–Kier alpha value is -0.770. The van der Waals surface area contributed by atoms with Gasteiger partial charge in [-0.2, -0.15) is 4.39 Å². The first-order valence-corrected chi connectivity index (χ1v) is 4.54. The summed E-state index contributed by atoms with van der Waals surface area (Å²) in [5.74, 6) is -0.597. The fraction of sp³-hybridized carbons (Fsp3) is 0.333. The van der Waals surface area contributed by atoms with Crippen LogP contribution in [0.4, 0.5) is 4.39 Å². The summed E-state index contributed by atoms with van der Waals surface area (Å²) >= 11 is 3.17. The molecule has 1 aromatic heterocycles. The average molecular weight is 246 g/mol. The Morgan fingerprint density at radius 2 is 2.23 bits per heavy atom. The van der Waals surface area contributed by atoms with Crippen LogP contribution in [-0.4, -0.2) is 11.3 Å². The Balaban J connectivity index is 3.28. The Labute approximate surface area is 84.3 Å². The molecule has 0 saturated heterocycles. The largest absolute Gasteiger partial charge is 0.302 e. The molecule has 13 heavy (non-hydrogen) atoms.